The maximum Gasteiger partial charge on any atom is 0.435 e. The van der Waals surface area contributed by atoms with E-state index in [4.69, 9.17) is 5.73 Å². The maximum atomic E-state index is 12.5. The lowest BCUT2D eigenvalue weighted by Gasteiger charge is -2.05. The number of aryl methyl sites for hydroxylation is 2. The third-order valence-electron chi connectivity index (χ3n) is 2.61. The number of alkyl halides is 3. The number of hydrogen-bond donors (Lipinski definition) is 1. The summed E-state index contributed by atoms with van der Waals surface area (Å²) < 4.78 is 40.1. The van der Waals surface area contributed by atoms with Gasteiger partial charge in [0.2, 0.25) is 0 Å². The highest BCUT2D eigenvalue weighted by atomic mass is 19.4. The monoisotopic (exact) mass is 259 g/mol. The zero-order valence-corrected chi connectivity index (χ0v) is 9.86. The average Bonchev–Trinajstić information content (AvgIpc) is 2.81. The second-order valence-electron chi connectivity index (χ2n) is 3.86. The topological polar surface area (TPSA) is 61.7 Å². The Labute approximate surface area is 101 Å². The molecule has 0 unspecified atom stereocenters. The minimum Gasteiger partial charge on any atom is -0.326 e. The summed E-state index contributed by atoms with van der Waals surface area (Å²) in [5, 5.41) is 7.63. The van der Waals surface area contributed by atoms with Crippen LogP contribution < -0.4 is 5.73 Å². The fraction of sp³-hybridized carbons (Fsp3) is 0.400. The highest BCUT2D eigenvalue weighted by Gasteiger charge is 2.34. The van der Waals surface area contributed by atoms with Crippen LogP contribution in [-0.2, 0) is 19.8 Å². The number of rotatable bonds is 2. The Morgan fingerprint density at radius 3 is 2.50 bits per heavy atom. The number of nitrogens with two attached hydrogens (primary N) is 1. The van der Waals surface area contributed by atoms with Gasteiger partial charge in [-0.3, -0.25) is 4.68 Å². The molecule has 0 fully saturated rings. The second kappa shape index (κ2) is 4.13. The van der Waals surface area contributed by atoms with Gasteiger partial charge >= 0.3 is 6.18 Å². The van der Waals surface area contributed by atoms with Crippen molar-refractivity contribution in [3.63, 3.8) is 0 Å². The Morgan fingerprint density at radius 1 is 1.33 bits per heavy atom. The molecule has 0 saturated carbocycles. The van der Waals surface area contributed by atoms with Gasteiger partial charge in [0.05, 0.1) is 5.69 Å². The van der Waals surface area contributed by atoms with Crippen LogP contribution in [0.2, 0.25) is 0 Å². The van der Waals surface area contributed by atoms with Crippen LogP contribution >= 0.6 is 0 Å². The van der Waals surface area contributed by atoms with Crippen molar-refractivity contribution in [1.29, 1.82) is 0 Å². The minimum atomic E-state index is -4.46. The summed E-state index contributed by atoms with van der Waals surface area (Å²) in [5.41, 5.74) is 5.99. The van der Waals surface area contributed by atoms with Gasteiger partial charge < -0.3 is 5.73 Å². The molecule has 8 heteroatoms. The molecule has 2 rings (SSSR count). The van der Waals surface area contributed by atoms with Gasteiger partial charge in [-0.2, -0.15) is 23.4 Å². The van der Waals surface area contributed by atoms with E-state index in [2.05, 4.69) is 10.2 Å². The van der Waals surface area contributed by atoms with Crippen LogP contribution in [0.15, 0.2) is 12.3 Å². The van der Waals surface area contributed by atoms with Crippen LogP contribution in [0.3, 0.4) is 0 Å². The van der Waals surface area contributed by atoms with E-state index in [0.717, 1.165) is 10.7 Å². The van der Waals surface area contributed by atoms with Crippen LogP contribution in [0.5, 0.6) is 0 Å². The van der Waals surface area contributed by atoms with Gasteiger partial charge in [0.15, 0.2) is 11.5 Å². The Balaban J connectivity index is 2.53. The summed E-state index contributed by atoms with van der Waals surface area (Å²) in [4.78, 5) is 0. The fourth-order valence-corrected chi connectivity index (χ4v) is 1.81. The lowest BCUT2D eigenvalue weighted by atomic mass is 10.2. The number of halogens is 3. The predicted octanol–water partition coefficient (Wildman–Crippen LogP) is 1.39. The van der Waals surface area contributed by atoms with Crippen molar-refractivity contribution in [1.82, 2.24) is 19.6 Å². The molecule has 0 aliphatic rings. The number of aromatic nitrogens is 4. The molecule has 2 N–H and O–H groups in total. The van der Waals surface area contributed by atoms with E-state index >= 15 is 0 Å². The minimum absolute atomic E-state index is 0.191. The number of nitrogens with zero attached hydrogens (tertiary/aromatic N) is 4. The maximum absolute atomic E-state index is 12.5. The lowest BCUT2D eigenvalue weighted by Crippen LogP contribution is -2.11. The van der Waals surface area contributed by atoms with Gasteiger partial charge in [0.1, 0.15) is 0 Å². The van der Waals surface area contributed by atoms with Crippen LogP contribution in [0.1, 0.15) is 17.0 Å². The van der Waals surface area contributed by atoms with E-state index in [-0.39, 0.29) is 6.54 Å². The van der Waals surface area contributed by atoms with Crippen LogP contribution in [0.25, 0.3) is 5.82 Å². The summed E-state index contributed by atoms with van der Waals surface area (Å²) in [7, 11) is 1.64. The zero-order chi connectivity index (χ0) is 13.5. The third kappa shape index (κ3) is 1.99. The van der Waals surface area contributed by atoms with Gasteiger partial charge in [-0.1, -0.05) is 0 Å². The fourth-order valence-electron chi connectivity index (χ4n) is 1.81. The lowest BCUT2D eigenvalue weighted by molar-refractivity contribution is -0.141. The van der Waals surface area contributed by atoms with E-state index in [1.165, 1.54) is 10.9 Å². The molecule has 5 nitrogen and oxygen atoms in total. The molecule has 98 valence electrons. The molecule has 2 heterocycles. The quantitative estimate of drug-likeness (QED) is 0.886. The zero-order valence-electron chi connectivity index (χ0n) is 9.86. The SMILES string of the molecule is Cc1nn(C)c(-n2ccc(C(F)(F)F)n2)c1CN. The summed E-state index contributed by atoms with van der Waals surface area (Å²) >= 11 is 0. The molecule has 0 spiro atoms. The van der Waals surface area contributed by atoms with E-state index in [1.54, 1.807) is 14.0 Å². The van der Waals surface area contributed by atoms with Gasteiger partial charge in [-0.25, -0.2) is 4.68 Å². The molecular formula is C10H12F3N5. The van der Waals surface area contributed by atoms with Crippen LogP contribution in [-0.4, -0.2) is 19.6 Å². The Kier molecular flexibility index (Phi) is 2.89. The van der Waals surface area contributed by atoms with Crippen LogP contribution in [0.4, 0.5) is 13.2 Å². The smallest absolute Gasteiger partial charge is 0.326 e. The summed E-state index contributed by atoms with van der Waals surface area (Å²) in [6.07, 6.45) is -3.21. The van der Waals surface area contributed by atoms with Crippen LogP contribution in [0, 0.1) is 6.92 Å². The van der Waals surface area contributed by atoms with E-state index in [1.807, 2.05) is 0 Å². The Hall–Kier alpha value is -1.83. The first-order valence-corrected chi connectivity index (χ1v) is 5.20. The molecule has 18 heavy (non-hydrogen) atoms. The Morgan fingerprint density at radius 2 is 2.00 bits per heavy atom. The van der Waals surface area contributed by atoms with Gasteiger partial charge in [0.25, 0.3) is 0 Å². The van der Waals surface area contributed by atoms with Crippen molar-refractivity contribution in [3.8, 4) is 5.82 Å². The summed E-state index contributed by atoms with van der Waals surface area (Å²) in [6, 6.07) is 0.919. The third-order valence-corrected chi connectivity index (χ3v) is 2.61. The molecule has 0 bridgehead atoms. The van der Waals surface area contributed by atoms with Crippen molar-refractivity contribution >= 4 is 0 Å². The molecular weight excluding hydrogens is 247 g/mol. The van der Waals surface area contributed by atoms with E-state index in [9.17, 15) is 13.2 Å². The predicted molar refractivity (Wildman–Crippen MR) is 58.0 cm³/mol. The van der Waals surface area contributed by atoms with Crippen molar-refractivity contribution in [2.45, 2.75) is 19.6 Å². The molecule has 0 amide bonds. The molecule has 0 aliphatic heterocycles. The van der Waals surface area contributed by atoms with E-state index in [0.29, 0.717) is 17.1 Å². The largest absolute Gasteiger partial charge is 0.435 e. The highest BCUT2D eigenvalue weighted by molar-refractivity contribution is 5.37. The van der Waals surface area contributed by atoms with Gasteiger partial charge in [-0.15, -0.1) is 0 Å². The first kappa shape index (κ1) is 12.6. The molecule has 2 aromatic rings. The molecule has 0 atom stereocenters. The summed E-state index contributed by atoms with van der Waals surface area (Å²) in [5.74, 6) is 0.450. The second-order valence-corrected chi connectivity index (χ2v) is 3.86. The summed E-state index contributed by atoms with van der Waals surface area (Å²) in [6.45, 7) is 1.94. The molecule has 2 aromatic heterocycles. The van der Waals surface area contributed by atoms with Crippen molar-refractivity contribution < 1.29 is 13.2 Å². The highest BCUT2D eigenvalue weighted by Crippen LogP contribution is 2.28. The standard InChI is InChI=1S/C10H12F3N5/c1-6-7(5-14)9(17(2)15-6)18-4-3-8(16-18)10(11,12)13/h3-4H,5,14H2,1-2H3. The molecule has 0 aromatic carbocycles. The molecule has 0 saturated heterocycles. The first-order valence-electron chi connectivity index (χ1n) is 5.20. The van der Waals surface area contributed by atoms with E-state index < -0.39 is 11.9 Å². The molecule has 0 aliphatic carbocycles. The van der Waals surface area contributed by atoms with Crippen molar-refractivity contribution in [3.05, 3.63) is 29.2 Å². The average molecular weight is 259 g/mol. The van der Waals surface area contributed by atoms with Crippen molar-refractivity contribution in [2.24, 2.45) is 12.8 Å². The molecule has 0 radical (unpaired) electrons. The Bertz CT molecular complexity index is 567. The number of hydrogen-bond acceptors (Lipinski definition) is 3. The van der Waals surface area contributed by atoms with Gasteiger partial charge in [-0.05, 0) is 13.0 Å². The normalized spacial score (nSPS) is 12.1. The van der Waals surface area contributed by atoms with Crippen molar-refractivity contribution in [2.75, 3.05) is 0 Å². The first-order chi connectivity index (χ1) is 8.34. The van der Waals surface area contributed by atoms with Gasteiger partial charge in [0, 0.05) is 25.4 Å².